The van der Waals surface area contributed by atoms with E-state index in [0.717, 1.165) is 23.5 Å². The van der Waals surface area contributed by atoms with Crippen molar-refractivity contribution in [2.45, 2.75) is 19.6 Å². The first-order chi connectivity index (χ1) is 8.91. The second kappa shape index (κ2) is 5.05. The number of aryl methyl sites for hydroxylation is 1. The zero-order valence-corrected chi connectivity index (χ0v) is 10.6. The van der Waals surface area contributed by atoms with Crippen LogP contribution in [0.2, 0.25) is 0 Å². The van der Waals surface area contributed by atoms with E-state index in [4.69, 9.17) is 0 Å². The minimum atomic E-state index is -4.37. The first kappa shape index (κ1) is 13.6. The van der Waals surface area contributed by atoms with Crippen LogP contribution in [0.1, 0.15) is 16.7 Å². The lowest BCUT2D eigenvalue weighted by atomic mass is 10.1. The number of alkyl halides is 3. The molecule has 0 aliphatic carbocycles. The van der Waals surface area contributed by atoms with Crippen LogP contribution in [0, 0.1) is 6.92 Å². The summed E-state index contributed by atoms with van der Waals surface area (Å²) in [5.74, 6) is 0. The molecule has 0 spiro atoms. The average molecular weight is 269 g/mol. The number of rotatable bonds is 3. The summed E-state index contributed by atoms with van der Waals surface area (Å²) < 4.78 is 38.9. The Bertz CT molecular complexity index is 573. The van der Waals surface area contributed by atoms with Crippen LogP contribution < -0.4 is 5.32 Å². The molecule has 1 aromatic carbocycles. The van der Waals surface area contributed by atoms with E-state index in [1.807, 2.05) is 32.2 Å². The van der Waals surface area contributed by atoms with E-state index < -0.39 is 11.7 Å². The molecule has 0 bridgehead atoms. The van der Waals surface area contributed by atoms with Gasteiger partial charge in [0, 0.05) is 12.7 Å². The molecule has 0 unspecified atom stereocenters. The second-order valence-electron chi connectivity index (χ2n) is 4.32. The summed E-state index contributed by atoms with van der Waals surface area (Å²) in [7, 11) is 1.81. The van der Waals surface area contributed by atoms with Gasteiger partial charge in [-0.15, -0.1) is 0 Å². The fourth-order valence-corrected chi connectivity index (χ4v) is 1.82. The van der Waals surface area contributed by atoms with Crippen molar-refractivity contribution in [3.63, 3.8) is 0 Å². The molecular weight excluding hydrogens is 255 g/mol. The van der Waals surface area contributed by atoms with Crippen molar-refractivity contribution < 1.29 is 13.2 Å². The van der Waals surface area contributed by atoms with Gasteiger partial charge in [0.1, 0.15) is 0 Å². The number of hydrogen-bond donors (Lipinski definition) is 1. The number of nitrogens with one attached hydrogen (secondary N) is 1. The predicted molar refractivity (Wildman–Crippen MR) is 66.1 cm³/mol. The summed E-state index contributed by atoms with van der Waals surface area (Å²) in [5, 5.41) is 6.79. The molecule has 0 aliphatic rings. The molecule has 1 aromatic heterocycles. The van der Waals surface area contributed by atoms with Crippen LogP contribution in [0.15, 0.2) is 30.6 Å². The quantitative estimate of drug-likeness (QED) is 0.928. The lowest BCUT2D eigenvalue weighted by Crippen LogP contribution is -2.07. The largest absolute Gasteiger partial charge is 0.419 e. The van der Waals surface area contributed by atoms with Crippen LogP contribution in [0.4, 0.5) is 13.2 Å². The minimum absolute atomic E-state index is 0.653. The van der Waals surface area contributed by atoms with Crippen molar-refractivity contribution in [2.75, 3.05) is 7.05 Å². The molecule has 0 saturated carbocycles. The third-order valence-corrected chi connectivity index (χ3v) is 2.81. The summed E-state index contributed by atoms with van der Waals surface area (Å²) >= 11 is 0. The van der Waals surface area contributed by atoms with Gasteiger partial charge < -0.3 is 5.32 Å². The average Bonchev–Trinajstić information content (AvgIpc) is 2.81. The van der Waals surface area contributed by atoms with E-state index in [0.29, 0.717) is 12.2 Å². The van der Waals surface area contributed by atoms with Crippen LogP contribution in [0.5, 0.6) is 0 Å². The van der Waals surface area contributed by atoms with Gasteiger partial charge in [0.05, 0.1) is 17.4 Å². The highest BCUT2D eigenvalue weighted by Gasteiger charge is 2.32. The molecule has 0 radical (unpaired) electrons. The van der Waals surface area contributed by atoms with Crippen molar-refractivity contribution in [2.24, 2.45) is 0 Å². The summed E-state index contributed by atoms with van der Waals surface area (Å²) in [6, 6.07) is 5.64. The first-order valence-corrected chi connectivity index (χ1v) is 5.78. The molecule has 6 heteroatoms. The van der Waals surface area contributed by atoms with E-state index in [-0.39, 0.29) is 0 Å². The molecule has 0 amide bonds. The summed E-state index contributed by atoms with van der Waals surface area (Å²) in [5.41, 5.74) is 1.78. The minimum Gasteiger partial charge on any atom is -0.316 e. The lowest BCUT2D eigenvalue weighted by Gasteiger charge is -2.09. The number of aromatic nitrogens is 2. The fourth-order valence-electron chi connectivity index (χ4n) is 1.82. The lowest BCUT2D eigenvalue weighted by molar-refractivity contribution is -0.137. The van der Waals surface area contributed by atoms with E-state index >= 15 is 0 Å². The Labute approximate surface area is 109 Å². The van der Waals surface area contributed by atoms with E-state index in [1.54, 1.807) is 0 Å². The van der Waals surface area contributed by atoms with Crippen molar-refractivity contribution >= 4 is 0 Å². The third-order valence-electron chi connectivity index (χ3n) is 2.81. The molecule has 1 N–H and O–H groups in total. The Kier molecular flexibility index (Phi) is 3.61. The van der Waals surface area contributed by atoms with E-state index in [1.165, 1.54) is 4.68 Å². The van der Waals surface area contributed by atoms with Gasteiger partial charge in [-0.2, -0.15) is 18.3 Å². The Morgan fingerprint density at radius 3 is 2.63 bits per heavy atom. The van der Waals surface area contributed by atoms with Crippen molar-refractivity contribution in [1.29, 1.82) is 0 Å². The third kappa shape index (κ3) is 2.96. The second-order valence-corrected chi connectivity index (χ2v) is 4.32. The van der Waals surface area contributed by atoms with Gasteiger partial charge in [-0.1, -0.05) is 12.1 Å². The van der Waals surface area contributed by atoms with Gasteiger partial charge in [-0.05, 0) is 31.2 Å². The Morgan fingerprint density at radius 1 is 1.32 bits per heavy atom. The topological polar surface area (TPSA) is 29.9 Å². The Morgan fingerprint density at radius 2 is 2.05 bits per heavy atom. The SMILES string of the molecule is CNCc1ccc(C)c(-n2cc(C(F)(F)F)cn2)c1. The highest BCUT2D eigenvalue weighted by molar-refractivity contribution is 5.43. The van der Waals surface area contributed by atoms with Crippen molar-refractivity contribution in [3.05, 3.63) is 47.3 Å². The molecule has 1 heterocycles. The molecule has 0 atom stereocenters. The zero-order valence-electron chi connectivity index (χ0n) is 10.6. The van der Waals surface area contributed by atoms with Crippen LogP contribution >= 0.6 is 0 Å². The van der Waals surface area contributed by atoms with Crippen molar-refractivity contribution in [3.8, 4) is 5.69 Å². The normalized spacial score (nSPS) is 11.8. The van der Waals surface area contributed by atoms with Gasteiger partial charge in [0.25, 0.3) is 0 Å². The molecule has 0 fully saturated rings. The predicted octanol–water partition coefficient (Wildman–Crippen LogP) is 2.92. The van der Waals surface area contributed by atoms with E-state index in [2.05, 4.69) is 10.4 Å². The Balaban J connectivity index is 2.41. The molecule has 2 rings (SSSR count). The molecule has 102 valence electrons. The van der Waals surface area contributed by atoms with Gasteiger partial charge in [-0.25, -0.2) is 4.68 Å². The van der Waals surface area contributed by atoms with Gasteiger partial charge in [0.15, 0.2) is 0 Å². The number of nitrogens with zero attached hydrogens (tertiary/aromatic N) is 2. The maximum Gasteiger partial charge on any atom is 0.419 e. The van der Waals surface area contributed by atoms with Crippen LogP contribution in [-0.2, 0) is 12.7 Å². The smallest absolute Gasteiger partial charge is 0.316 e. The fraction of sp³-hybridized carbons (Fsp3) is 0.308. The van der Waals surface area contributed by atoms with Crippen LogP contribution in [0.3, 0.4) is 0 Å². The molecule has 2 aromatic rings. The standard InChI is InChI=1S/C13H14F3N3/c1-9-3-4-10(6-17-2)5-12(9)19-8-11(7-18-19)13(14,15)16/h3-5,7-8,17H,6H2,1-2H3. The van der Waals surface area contributed by atoms with Gasteiger partial charge >= 0.3 is 6.18 Å². The zero-order chi connectivity index (χ0) is 14.0. The van der Waals surface area contributed by atoms with Crippen LogP contribution in [0.25, 0.3) is 5.69 Å². The molecule has 0 saturated heterocycles. The molecule has 19 heavy (non-hydrogen) atoms. The highest BCUT2D eigenvalue weighted by Crippen LogP contribution is 2.29. The molecular formula is C13H14F3N3. The van der Waals surface area contributed by atoms with Crippen LogP contribution in [-0.4, -0.2) is 16.8 Å². The molecule has 0 aliphatic heterocycles. The number of benzene rings is 1. The highest BCUT2D eigenvalue weighted by atomic mass is 19.4. The van der Waals surface area contributed by atoms with E-state index in [9.17, 15) is 13.2 Å². The monoisotopic (exact) mass is 269 g/mol. The summed E-state index contributed by atoms with van der Waals surface area (Å²) in [6.07, 6.45) is -2.52. The summed E-state index contributed by atoms with van der Waals surface area (Å²) in [6.45, 7) is 2.49. The van der Waals surface area contributed by atoms with Gasteiger partial charge in [0.2, 0.25) is 0 Å². The number of hydrogen-bond acceptors (Lipinski definition) is 2. The first-order valence-electron chi connectivity index (χ1n) is 5.78. The maximum atomic E-state index is 12.6. The number of halogens is 3. The maximum absolute atomic E-state index is 12.6. The summed E-state index contributed by atoms with van der Waals surface area (Å²) in [4.78, 5) is 0. The Hall–Kier alpha value is -1.82. The van der Waals surface area contributed by atoms with Gasteiger partial charge in [-0.3, -0.25) is 0 Å². The molecule has 3 nitrogen and oxygen atoms in total. The van der Waals surface area contributed by atoms with Crippen molar-refractivity contribution in [1.82, 2.24) is 15.1 Å².